The molecule has 0 radical (unpaired) electrons. The lowest BCUT2D eigenvalue weighted by atomic mass is 9.93. The third kappa shape index (κ3) is 6.25. The van der Waals surface area contributed by atoms with E-state index in [1.807, 2.05) is 31.3 Å². The van der Waals surface area contributed by atoms with Gasteiger partial charge in [0.2, 0.25) is 5.91 Å². The molecular formula is C16H24Cl2N2O. The Kier molecular flexibility index (Phi) is 8.09. The standard InChI is InChI=1S/C16H23ClN2O.ClH/c1-19(12-14-3-2-4-15(17)11-14)16(20)6-5-13-7-9-18-10-8-13;/h2-4,11,13,18H,5-10,12H2,1H3;1H. The zero-order valence-corrected chi connectivity index (χ0v) is 14.1. The molecule has 1 heterocycles. The minimum atomic E-state index is 0. The quantitative estimate of drug-likeness (QED) is 0.896. The average molecular weight is 331 g/mol. The molecule has 1 aromatic rings. The zero-order chi connectivity index (χ0) is 14.4. The van der Waals surface area contributed by atoms with E-state index in [1.54, 1.807) is 4.90 Å². The summed E-state index contributed by atoms with van der Waals surface area (Å²) in [5.74, 6) is 0.934. The molecule has 0 spiro atoms. The van der Waals surface area contributed by atoms with Crippen LogP contribution < -0.4 is 5.32 Å². The van der Waals surface area contributed by atoms with Crippen molar-refractivity contribution in [3.05, 3.63) is 34.9 Å². The minimum absolute atomic E-state index is 0. The van der Waals surface area contributed by atoms with Crippen molar-refractivity contribution in [2.24, 2.45) is 5.92 Å². The highest BCUT2D eigenvalue weighted by atomic mass is 35.5. The number of benzene rings is 1. The Labute approximate surface area is 138 Å². The maximum atomic E-state index is 12.2. The van der Waals surface area contributed by atoms with Gasteiger partial charge in [0.15, 0.2) is 0 Å². The minimum Gasteiger partial charge on any atom is -0.341 e. The molecule has 0 unspecified atom stereocenters. The highest BCUT2D eigenvalue weighted by Crippen LogP contribution is 2.19. The second-order valence-electron chi connectivity index (χ2n) is 5.61. The summed E-state index contributed by atoms with van der Waals surface area (Å²) in [6, 6.07) is 7.69. The molecule has 0 aromatic heterocycles. The molecule has 1 fully saturated rings. The van der Waals surface area contributed by atoms with Crippen molar-refractivity contribution in [2.75, 3.05) is 20.1 Å². The van der Waals surface area contributed by atoms with E-state index in [2.05, 4.69) is 5.32 Å². The molecule has 1 aliphatic rings. The van der Waals surface area contributed by atoms with Crippen molar-refractivity contribution >= 4 is 29.9 Å². The SMILES string of the molecule is CN(Cc1cccc(Cl)c1)C(=O)CCC1CCNCC1.Cl. The van der Waals surface area contributed by atoms with Crippen molar-refractivity contribution in [3.8, 4) is 0 Å². The summed E-state index contributed by atoms with van der Waals surface area (Å²) in [6.07, 6.45) is 4.07. The largest absolute Gasteiger partial charge is 0.341 e. The van der Waals surface area contributed by atoms with Gasteiger partial charge in [-0.1, -0.05) is 23.7 Å². The van der Waals surface area contributed by atoms with Gasteiger partial charge in [-0.05, 0) is 56.0 Å². The Balaban J connectivity index is 0.00000220. The van der Waals surface area contributed by atoms with Crippen LogP contribution in [0.2, 0.25) is 5.02 Å². The molecule has 0 saturated carbocycles. The second-order valence-corrected chi connectivity index (χ2v) is 6.05. The molecule has 1 saturated heterocycles. The van der Waals surface area contributed by atoms with E-state index in [-0.39, 0.29) is 18.3 Å². The number of hydrogen-bond donors (Lipinski definition) is 1. The fourth-order valence-corrected chi connectivity index (χ4v) is 2.90. The summed E-state index contributed by atoms with van der Waals surface area (Å²) in [5, 5.41) is 4.08. The third-order valence-corrected chi connectivity index (χ3v) is 4.19. The lowest BCUT2D eigenvalue weighted by Gasteiger charge is -2.23. The number of nitrogens with zero attached hydrogens (tertiary/aromatic N) is 1. The molecule has 21 heavy (non-hydrogen) atoms. The monoisotopic (exact) mass is 330 g/mol. The number of rotatable bonds is 5. The number of amides is 1. The van der Waals surface area contributed by atoms with Crippen molar-refractivity contribution < 1.29 is 4.79 Å². The Morgan fingerprint density at radius 3 is 2.76 bits per heavy atom. The predicted molar refractivity (Wildman–Crippen MR) is 90.0 cm³/mol. The smallest absolute Gasteiger partial charge is 0.222 e. The molecule has 1 aliphatic heterocycles. The van der Waals surface area contributed by atoms with Gasteiger partial charge in [-0.3, -0.25) is 4.79 Å². The lowest BCUT2D eigenvalue weighted by Crippen LogP contribution is -2.30. The molecule has 0 aliphatic carbocycles. The van der Waals surface area contributed by atoms with Crippen molar-refractivity contribution in [1.82, 2.24) is 10.2 Å². The van der Waals surface area contributed by atoms with Gasteiger partial charge in [0, 0.05) is 25.0 Å². The predicted octanol–water partition coefficient (Wildman–Crippen LogP) is 3.50. The third-order valence-electron chi connectivity index (χ3n) is 3.96. The molecule has 1 amide bonds. The molecule has 1 aromatic carbocycles. The van der Waals surface area contributed by atoms with Gasteiger partial charge in [-0.15, -0.1) is 12.4 Å². The number of halogens is 2. The van der Waals surface area contributed by atoms with E-state index < -0.39 is 0 Å². The first-order chi connectivity index (χ1) is 9.65. The van der Waals surface area contributed by atoms with E-state index >= 15 is 0 Å². The van der Waals surface area contributed by atoms with Crippen LogP contribution in [0.4, 0.5) is 0 Å². The van der Waals surface area contributed by atoms with Crippen LogP contribution in [0.5, 0.6) is 0 Å². The van der Waals surface area contributed by atoms with Crippen LogP contribution in [-0.4, -0.2) is 30.9 Å². The normalized spacial score (nSPS) is 15.3. The lowest BCUT2D eigenvalue weighted by molar-refractivity contribution is -0.130. The maximum absolute atomic E-state index is 12.2. The fourth-order valence-electron chi connectivity index (χ4n) is 2.69. The van der Waals surface area contributed by atoms with Gasteiger partial charge in [-0.2, -0.15) is 0 Å². The summed E-state index contributed by atoms with van der Waals surface area (Å²) in [6.45, 7) is 2.82. The van der Waals surface area contributed by atoms with Gasteiger partial charge >= 0.3 is 0 Å². The molecule has 2 rings (SSSR count). The molecule has 5 heteroatoms. The number of carbonyl (C=O) groups is 1. The summed E-state index contributed by atoms with van der Waals surface area (Å²) in [7, 11) is 1.87. The van der Waals surface area contributed by atoms with E-state index in [1.165, 1.54) is 12.8 Å². The number of hydrogen-bond acceptors (Lipinski definition) is 2. The molecule has 118 valence electrons. The summed E-state index contributed by atoms with van der Waals surface area (Å²) in [4.78, 5) is 14.0. The summed E-state index contributed by atoms with van der Waals surface area (Å²) in [5.41, 5.74) is 1.08. The Hall–Kier alpha value is -0.770. The van der Waals surface area contributed by atoms with Crippen LogP contribution in [0.3, 0.4) is 0 Å². The van der Waals surface area contributed by atoms with Gasteiger partial charge < -0.3 is 10.2 Å². The Bertz CT molecular complexity index is 448. The van der Waals surface area contributed by atoms with E-state index in [9.17, 15) is 4.79 Å². The molecule has 0 bridgehead atoms. The highest BCUT2D eigenvalue weighted by molar-refractivity contribution is 6.30. The van der Waals surface area contributed by atoms with Crippen LogP contribution in [0.1, 0.15) is 31.2 Å². The van der Waals surface area contributed by atoms with Crippen molar-refractivity contribution in [2.45, 2.75) is 32.2 Å². The Morgan fingerprint density at radius 2 is 2.10 bits per heavy atom. The van der Waals surface area contributed by atoms with Crippen LogP contribution in [0, 0.1) is 5.92 Å². The van der Waals surface area contributed by atoms with E-state index in [0.717, 1.165) is 30.1 Å². The first-order valence-electron chi connectivity index (χ1n) is 7.34. The van der Waals surface area contributed by atoms with Gasteiger partial charge in [0.25, 0.3) is 0 Å². The van der Waals surface area contributed by atoms with Crippen molar-refractivity contribution in [1.29, 1.82) is 0 Å². The molecular weight excluding hydrogens is 307 g/mol. The number of nitrogens with one attached hydrogen (secondary N) is 1. The van der Waals surface area contributed by atoms with Crippen LogP contribution in [0.15, 0.2) is 24.3 Å². The Morgan fingerprint density at radius 1 is 1.38 bits per heavy atom. The second kappa shape index (κ2) is 9.29. The van der Waals surface area contributed by atoms with E-state index in [4.69, 9.17) is 11.6 Å². The van der Waals surface area contributed by atoms with Crippen molar-refractivity contribution in [3.63, 3.8) is 0 Å². The summed E-state index contributed by atoms with van der Waals surface area (Å²) >= 11 is 5.96. The molecule has 0 atom stereocenters. The van der Waals surface area contributed by atoms with Gasteiger partial charge in [0.05, 0.1) is 0 Å². The molecule has 1 N–H and O–H groups in total. The van der Waals surface area contributed by atoms with Gasteiger partial charge in [-0.25, -0.2) is 0 Å². The fraction of sp³-hybridized carbons (Fsp3) is 0.562. The molecule has 3 nitrogen and oxygen atoms in total. The van der Waals surface area contributed by atoms with E-state index in [0.29, 0.717) is 18.9 Å². The number of piperidine rings is 1. The average Bonchev–Trinajstić information content (AvgIpc) is 2.46. The van der Waals surface area contributed by atoms with Crippen LogP contribution >= 0.6 is 24.0 Å². The summed E-state index contributed by atoms with van der Waals surface area (Å²) < 4.78 is 0. The zero-order valence-electron chi connectivity index (χ0n) is 12.5. The highest BCUT2D eigenvalue weighted by Gasteiger charge is 2.16. The topological polar surface area (TPSA) is 32.3 Å². The number of carbonyl (C=O) groups excluding carboxylic acids is 1. The van der Waals surface area contributed by atoms with Crippen LogP contribution in [-0.2, 0) is 11.3 Å². The van der Waals surface area contributed by atoms with Gasteiger partial charge in [0.1, 0.15) is 0 Å². The van der Waals surface area contributed by atoms with Crippen LogP contribution in [0.25, 0.3) is 0 Å². The maximum Gasteiger partial charge on any atom is 0.222 e. The first kappa shape index (κ1) is 18.3. The first-order valence-corrected chi connectivity index (χ1v) is 7.72.